The minimum atomic E-state index is -0.704. The lowest BCUT2D eigenvalue weighted by molar-refractivity contribution is -0.117. The Morgan fingerprint density at radius 1 is 1.18 bits per heavy atom. The zero-order chi connectivity index (χ0) is 24.2. The Balaban J connectivity index is 1.37. The molecule has 11 heteroatoms. The van der Waals surface area contributed by atoms with Crippen LogP contribution < -0.4 is 16.2 Å². The van der Waals surface area contributed by atoms with E-state index in [-0.39, 0.29) is 36.3 Å². The first kappa shape index (κ1) is 24.1. The molecule has 0 aliphatic carbocycles. The normalized spacial score (nSPS) is 18.1. The molecule has 0 bridgehead atoms. The molecule has 1 aromatic carbocycles. The zero-order valence-corrected chi connectivity index (χ0v) is 19.4. The number of anilines is 1. The molecule has 0 spiro atoms. The maximum Gasteiger partial charge on any atom is 0.261 e. The lowest BCUT2D eigenvalue weighted by atomic mass is 10.2. The Bertz CT molecular complexity index is 1260. The van der Waals surface area contributed by atoms with Crippen LogP contribution in [0.15, 0.2) is 59.5 Å². The molecular weight excluding hydrogens is 486 g/mol. The molecule has 0 unspecified atom stereocenters. The second-order valence-electron chi connectivity index (χ2n) is 7.87. The van der Waals surface area contributed by atoms with Gasteiger partial charge in [-0.15, -0.1) is 11.3 Å². The monoisotopic (exact) mass is 506 g/mol. The summed E-state index contributed by atoms with van der Waals surface area (Å²) in [7, 11) is 0. The molecule has 7 nitrogen and oxygen atoms in total. The van der Waals surface area contributed by atoms with Gasteiger partial charge in [0.2, 0.25) is 5.91 Å². The Morgan fingerprint density at radius 2 is 2.00 bits per heavy atom. The number of hydrogen-bond donors (Lipinski definition) is 2. The SMILES string of the molecule is O=C(CN1C[C@H](NC(=O)c2ccc(Cl)s2)C[C@H]1CF)Nc1ccc(-n2ccccc2=O)cc1F. The van der Waals surface area contributed by atoms with E-state index in [0.29, 0.717) is 21.3 Å². The van der Waals surface area contributed by atoms with Gasteiger partial charge in [0.1, 0.15) is 12.5 Å². The summed E-state index contributed by atoms with van der Waals surface area (Å²) >= 11 is 7.01. The number of halogens is 3. The van der Waals surface area contributed by atoms with Crippen molar-refractivity contribution in [1.82, 2.24) is 14.8 Å². The van der Waals surface area contributed by atoms with Crippen molar-refractivity contribution in [3.8, 4) is 5.69 Å². The number of carbonyl (C=O) groups excluding carboxylic acids is 2. The quantitative estimate of drug-likeness (QED) is 0.514. The number of rotatable bonds is 7. The first-order valence-corrected chi connectivity index (χ1v) is 11.7. The number of aromatic nitrogens is 1. The number of nitrogens with zero attached hydrogens (tertiary/aromatic N) is 2. The molecule has 4 rings (SSSR count). The second-order valence-corrected chi connectivity index (χ2v) is 9.58. The molecule has 3 heterocycles. The summed E-state index contributed by atoms with van der Waals surface area (Å²) in [5, 5.41) is 5.34. The fraction of sp³-hybridized carbons (Fsp3) is 0.261. The first-order valence-electron chi connectivity index (χ1n) is 10.5. The maximum absolute atomic E-state index is 14.6. The predicted molar refractivity (Wildman–Crippen MR) is 127 cm³/mol. The van der Waals surface area contributed by atoms with E-state index < -0.39 is 24.4 Å². The highest BCUT2D eigenvalue weighted by Gasteiger charge is 2.34. The summed E-state index contributed by atoms with van der Waals surface area (Å²) in [5.41, 5.74) is -0.0364. The van der Waals surface area contributed by atoms with Gasteiger partial charge in [-0.1, -0.05) is 17.7 Å². The topological polar surface area (TPSA) is 83.4 Å². The average Bonchev–Trinajstić information content (AvgIpc) is 3.41. The van der Waals surface area contributed by atoms with E-state index in [9.17, 15) is 23.2 Å². The molecule has 1 saturated heterocycles. The van der Waals surface area contributed by atoms with Crippen molar-refractivity contribution in [2.75, 3.05) is 25.1 Å². The summed E-state index contributed by atoms with van der Waals surface area (Å²) in [6, 6.07) is 11.0. The van der Waals surface area contributed by atoms with Gasteiger partial charge < -0.3 is 10.6 Å². The zero-order valence-electron chi connectivity index (χ0n) is 17.8. The van der Waals surface area contributed by atoms with Gasteiger partial charge in [-0.2, -0.15) is 0 Å². The van der Waals surface area contributed by atoms with Crippen molar-refractivity contribution in [3.05, 3.63) is 80.1 Å². The third-order valence-corrected chi connectivity index (χ3v) is 6.74. The molecular formula is C23H21ClF2N4O3S. The number of nitrogens with one attached hydrogen (secondary N) is 2. The van der Waals surface area contributed by atoms with Crippen molar-refractivity contribution in [2.24, 2.45) is 0 Å². The largest absolute Gasteiger partial charge is 0.347 e. The van der Waals surface area contributed by atoms with Gasteiger partial charge in [-0.3, -0.25) is 23.9 Å². The molecule has 3 aromatic rings. The van der Waals surface area contributed by atoms with Crippen molar-refractivity contribution in [2.45, 2.75) is 18.5 Å². The summed E-state index contributed by atoms with van der Waals surface area (Å²) < 4.78 is 29.9. The van der Waals surface area contributed by atoms with Gasteiger partial charge in [0.05, 0.1) is 27.1 Å². The van der Waals surface area contributed by atoms with E-state index in [4.69, 9.17) is 11.6 Å². The molecule has 2 atom stereocenters. The minimum absolute atomic E-state index is 0.0480. The molecule has 0 saturated carbocycles. The Morgan fingerprint density at radius 3 is 2.68 bits per heavy atom. The predicted octanol–water partition coefficient (Wildman–Crippen LogP) is 3.47. The third kappa shape index (κ3) is 5.52. The van der Waals surface area contributed by atoms with Crippen LogP contribution in [0.25, 0.3) is 5.69 Å². The Kier molecular flexibility index (Phi) is 7.40. The standard InChI is InChI=1S/C23H21ClF2N4O3S/c24-20-7-6-19(34-20)23(33)27-14-9-16(11-25)29(12-14)13-21(31)28-18-5-4-15(10-17(18)26)30-8-2-1-3-22(30)32/h1-8,10,14,16H,9,11-13H2,(H,27,33)(H,28,31)/t14-,16+/m1/s1. The number of benzene rings is 1. The van der Waals surface area contributed by atoms with E-state index in [0.717, 1.165) is 17.4 Å². The van der Waals surface area contributed by atoms with E-state index in [1.54, 1.807) is 29.2 Å². The van der Waals surface area contributed by atoms with Crippen LogP contribution in [0.1, 0.15) is 16.1 Å². The molecule has 1 aliphatic rings. The van der Waals surface area contributed by atoms with Crippen molar-refractivity contribution in [3.63, 3.8) is 0 Å². The van der Waals surface area contributed by atoms with Gasteiger partial charge in [-0.25, -0.2) is 8.78 Å². The summed E-state index contributed by atoms with van der Waals surface area (Å²) in [4.78, 5) is 38.9. The average molecular weight is 507 g/mol. The Labute approximate surface area is 203 Å². The van der Waals surface area contributed by atoms with Gasteiger partial charge >= 0.3 is 0 Å². The van der Waals surface area contributed by atoms with E-state index in [2.05, 4.69) is 10.6 Å². The van der Waals surface area contributed by atoms with Crippen LogP contribution in [0.2, 0.25) is 4.34 Å². The van der Waals surface area contributed by atoms with Crippen LogP contribution in [-0.4, -0.2) is 53.1 Å². The molecule has 2 aromatic heterocycles. The number of likely N-dealkylation sites (tertiary alicyclic amines) is 1. The van der Waals surface area contributed by atoms with Crippen LogP contribution in [0.4, 0.5) is 14.5 Å². The molecule has 178 valence electrons. The van der Waals surface area contributed by atoms with Crippen molar-refractivity contribution >= 4 is 40.4 Å². The molecule has 2 N–H and O–H groups in total. The number of thiophene rings is 1. The van der Waals surface area contributed by atoms with Gasteiger partial charge in [0, 0.05) is 37.0 Å². The highest BCUT2D eigenvalue weighted by molar-refractivity contribution is 7.18. The number of amides is 2. The van der Waals surface area contributed by atoms with Gasteiger partial charge in [0.25, 0.3) is 11.5 Å². The van der Waals surface area contributed by atoms with Crippen LogP contribution >= 0.6 is 22.9 Å². The van der Waals surface area contributed by atoms with Crippen LogP contribution in [0.3, 0.4) is 0 Å². The van der Waals surface area contributed by atoms with E-state index in [1.807, 2.05) is 0 Å². The van der Waals surface area contributed by atoms with Crippen LogP contribution in [0.5, 0.6) is 0 Å². The highest BCUT2D eigenvalue weighted by Crippen LogP contribution is 2.23. The van der Waals surface area contributed by atoms with Crippen LogP contribution in [-0.2, 0) is 4.79 Å². The second kappa shape index (κ2) is 10.5. The number of pyridine rings is 1. The van der Waals surface area contributed by atoms with Crippen molar-refractivity contribution < 1.29 is 18.4 Å². The summed E-state index contributed by atoms with van der Waals surface area (Å²) in [5.74, 6) is -1.52. The highest BCUT2D eigenvalue weighted by atomic mass is 35.5. The van der Waals surface area contributed by atoms with Crippen LogP contribution in [0, 0.1) is 5.82 Å². The molecule has 0 radical (unpaired) electrons. The number of alkyl halides is 1. The number of hydrogen-bond acceptors (Lipinski definition) is 5. The van der Waals surface area contributed by atoms with Gasteiger partial charge in [0.15, 0.2) is 0 Å². The molecule has 1 aliphatic heterocycles. The lowest BCUT2D eigenvalue weighted by Gasteiger charge is -2.21. The van der Waals surface area contributed by atoms with Crippen molar-refractivity contribution in [1.29, 1.82) is 0 Å². The lowest BCUT2D eigenvalue weighted by Crippen LogP contribution is -2.40. The smallest absolute Gasteiger partial charge is 0.261 e. The van der Waals surface area contributed by atoms with E-state index in [1.165, 1.54) is 29.0 Å². The van der Waals surface area contributed by atoms with Gasteiger partial charge in [-0.05, 0) is 36.8 Å². The molecule has 34 heavy (non-hydrogen) atoms. The number of carbonyl (C=O) groups is 2. The fourth-order valence-electron chi connectivity index (χ4n) is 3.91. The van der Waals surface area contributed by atoms with E-state index >= 15 is 0 Å². The Hall–Kier alpha value is -3.08. The maximum atomic E-state index is 14.6. The summed E-state index contributed by atoms with van der Waals surface area (Å²) in [6.45, 7) is -0.560. The summed E-state index contributed by atoms with van der Waals surface area (Å²) in [6.07, 6.45) is 1.87. The minimum Gasteiger partial charge on any atom is -0.347 e. The third-order valence-electron chi connectivity index (χ3n) is 5.51. The molecule has 2 amide bonds. The fourth-order valence-corrected chi connectivity index (χ4v) is 4.85. The first-order chi connectivity index (χ1) is 16.3. The molecule has 1 fully saturated rings.